The topological polar surface area (TPSA) is 46.3 Å². The molecule has 1 unspecified atom stereocenters. The third kappa shape index (κ3) is 2.42. The number of carbonyl (C=O) groups excluding carboxylic acids is 1. The summed E-state index contributed by atoms with van der Waals surface area (Å²) in [5.74, 6) is 0.374. The van der Waals surface area contributed by atoms with Crippen LogP contribution in [0.15, 0.2) is 24.3 Å². The molecular weight excluding hydrogens is 200 g/mol. The van der Waals surface area contributed by atoms with E-state index in [4.69, 9.17) is 5.73 Å². The van der Waals surface area contributed by atoms with E-state index in [1.54, 1.807) is 6.07 Å². The molecule has 1 fully saturated rings. The number of nitrogens with zero attached hydrogens (tertiary/aromatic N) is 1. The van der Waals surface area contributed by atoms with E-state index < -0.39 is 0 Å². The molecule has 0 saturated carbocycles. The van der Waals surface area contributed by atoms with Crippen LogP contribution in [0.3, 0.4) is 0 Å². The Labute approximate surface area is 96.2 Å². The van der Waals surface area contributed by atoms with Crippen LogP contribution in [-0.4, -0.2) is 30.8 Å². The van der Waals surface area contributed by atoms with Crippen molar-refractivity contribution in [3.63, 3.8) is 0 Å². The number of Topliss-reactive ketones (excluding diaryl/α,β-unsaturated/α-hetero) is 1. The summed E-state index contributed by atoms with van der Waals surface area (Å²) in [6.07, 6.45) is 2.10. The van der Waals surface area contributed by atoms with Gasteiger partial charge in [-0.15, -0.1) is 0 Å². The number of hydrogen-bond acceptors (Lipinski definition) is 3. The molecule has 16 heavy (non-hydrogen) atoms. The summed E-state index contributed by atoms with van der Waals surface area (Å²) in [5, 5.41) is 0. The largest absolute Gasteiger partial charge is 0.399 e. The highest BCUT2D eigenvalue weighted by Crippen LogP contribution is 2.20. The van der Waals surface area contributed by atoms with Gasteiger partial charge in [0.2, 0.25) is 0 Å². The lowest BCUT2D eigenvalue weighted by atomic mass is 9.90. The van der Waals surface area contributed by atoms with Gasteiger partial charge in [-0.05, 0) is 38.6 Å². The van der Waals surface area contributed by atoms with Gasteiger partial charge in [0.05, 0.1) is 0 Å². The molecule has 0 radical (unpaired) electrons. The number of piperidine rings is 1. The van der Waals surface area contributed by atoms with E-state index in [0.717, 1.165) is 31.5 Å². The summed E-state index contributed by atoms with van der Waals surface area (Å²) in [6, 6.07) is 7.28. The molecule has 3 heteroatoms. The molecule has 2 N–H and O–H groups in total. The summed E-state index contributed by atoms with van der Waals surface area (Å²) in [7, 11) is 2.07. The number of ketones is 1. The molecule has 0 aromatic heterocycles. The van der Waals surface area contributed by atoms with Crippen LogP contribution in [0.2, 0.25) is 0 Å². The van der Waals surface area contributed by atoms with Crippen LogP contribution >= 0.6 is 0 Å². The van der Waals surface area contributed by atoms with Crippen molar-refractivity contribution in [2.75, 3.05) is 25.9 Å². The average molecular weight is 218 g/mol. The van der Waals surface area contributed by atoms with Crippen LogP contribution in [0, 0.1) is 5.92 Å². The molecule has 1 aromatic carbocycles. The van der Waals surface area contributed by atoms with E-state index in [0.29, 0.717) is 5.69 Å². The lowest BCUT2D eigenvalue weighted by Gasteiger charge is -2.28. The maximum atomic E-state index is 12.2. The number of likely N-dealkylation sites (tertiary alicyclic amines) is 1. The number of anilines is 1. The van der Waals surface area contributed by atoms with Gasteiger partial charge in [-0.2, -0.15) is 0 Å². The van der Waals surface area contributed by atoms with E-state index in [2.05, 4.69) is 11.9 Å². The van der Waals surface area contributed by atoms with Crippen LogP contribution in [0.1, 0.15) is 23.2 Å². The number of nitrogens with two attached hydrogens (primary N) is 1. The summed E-state index contributed by atoms with van der Waals surface area (Å²) < 4.78 is 0. The van der Waals surface area contributed by atoms with Gasteiger partial charge < -0.3 is 10.6 Å². The van der Waals surface area contributed by atoms with Gasteiger partial charge >= 0.3 is 0 Å². The van der Waals surface area contributed by atoms with E-state index in [1.807, 2.05) is 18.2 Å². The van der Waals surface area contributed by atoms with E-state index >= 15 is 0 Å². The van der Waals surface area contributed by atoms with E-state index in [1.165, 1.54) is 0 Å². The van der Waals surface area contributed by atoms with Gasteiger partial charge in [0.1, 0.15) is 0 Å². The quantitative estimate of drug-likeness (QED) is 0.608. The van der Waals surface area contributed by atoms with Crippen molar-refractivity contribution in [1.82, 2.24) is 4.90 Å². The number of carbonyl (C=O) groups is 1. The van der Waals surface area contributed by atoms with Crippen molar-refractivity contribution in [3.05, 3.63) is 29.8 Å². The third-order valence-corrected chi connectivity index (χ3v) is 3.17. The van der Waals surface area contributed by atoms with E-state index in [9.17, 15) is 4.79 Å². The molecule has 0 spiro atoms. The number of hydrogen-bond donors (Lipinski definition) is 1. The second-order valence-electron chi connectivity index (χ2n) is 4.59. The second-order valence-corrected chi connectivity index (χ2v) is 4.59. The molecule has 1 saturated heterocycles. The zero-order valence-corrected chi connectivity index (χ0v) is 9.65. The highest BCUT2D eigenvalue weighted by molar-refractivity contribution is 5.98. The SMILES string of the molecule is CN1CCCC(C(=O)c2cccc(N)c2)C1. The van der Waals surface area contributed by atoms with Crippen molar-refractivity contribution < 1.29 is 4.79 Å². The maximum absolute atomic E-state index is 12.2. The Morgan fingerprint density at radius 2 is 2.31 bits per heavy atom. The van der Waals surface area contributed by atoms with Crippen LogP contribution in [-0.2, 0) is 0 Å². The van der Waals surface area contributed by atoms with Crippen molar-refractivity contribution in [3.8, 4) is 0 Å². The zero-order chi connectivity index (χ0) is 11.5. The Hall–Kier alpha value is -1.35. The first kappa shape index (κ1) is 11.1. The first-order valence-corrected chi connectivity index (χ1v) is 5.75. The molecule has 1 aliphatic rings. The predicted octanol–water partition coefficient (Wildman–Crippen LogP) is 1.79. The fraction of sp³-hybridized carbons (Fsp3) is 0.462. The van der Waals surface area contributed by atoms with Crippen molar-refractivity contribution in [2.24, 2.45) is 5.92 Å². The minimum atomic E-state index is 0.139. The average Bonchev–Trinajstić information content (AvgIpc) is 2.28. The zero-order valence-electron chi connectivity index (χ0n) is 9.65. The highest BCUT2D eigenvalue weighted by Gasteiger charge is 2.24. The van der Waals surface area contributed by atoms with Crippen LogP contribution in [0.5, 0.6) is 0 Å². The van der Waals surface area contributed by atoms with Crippen LogP contribution in [0.4, 0.5) is 5.69 Å². The minimum absolute atomic E-state index is 0.139. The summed E-state index contributed by atoms with van der Waals surface area (Å²) in [4.78, 5) is 14.4. The van der Waals surface area contributed by atoms with Crippen LogP contribution in [0.25, 0.3) is 0 Å². The monoisotopic (exact) mass is 218 g/mol. The Bertz CT molecular complexity index is 389. The van der Waals surface area contributed by atoms with Crippen molar-refractivity contribution in [1.29, 1.82) is 0 Å². The van der Waals surface area contributed by atoms with E-state index in [-0.39, 0.29) is 11.7 Å². The minimum Gasteiger partial charge on any atom is -0.399 e. The molecule has 1 atom stereocenters. The number of benzene rings is 1. The molecule has 0 aliphatic carbocycles. The molecule has 86 valence electrons. The van der Waals surface area contributed by atoms with Gasteiger partial charge in [-0.1, -0.05) is 12.1 Å². The van der Waals surface area contributed by atoms with Crippen LogP contribution < -0.4 is 5.73 Å². The Balaban J connectivity index is 2.12. The highest BCUT2D eigenvalue weighted by atomic mass is 16.1. The van der Waals surface area contributed by atoms with Gasteiger partial charge in [0.15, 0.2) is 5.78 Å². The normalized spacial score (nSPS) is 21.9. The first-order valence-electron chi connectivity index (χ1n) is 5.75. The third-order valence-electron chi connectivity index (χ3n) is 3.17. The molecular formula is C13H18N2O. The predicted molar refractivity (Wildman–Crippen MR) is 65.4 cm³/mol. The Morgan fingerprint density at radius 3 is 3.00 bits per heavy atom. The molecule has 2 rings (SSSR count). The van der Waals surface area contributed by atoms with Gasteiger partial charge in [0.25, 0.3) is 0 Å². The Kier molecular flexibility index (Phi) is 3.25. The Morgan fingerprint density at radius 1 is 1.50 bits per heavy atom. The molecule has 0 amide bonds. The number of nitrogen functional groups attached to an aromatic ring is 1. The summed E-state index contributed by atoms with van der Waals surface area (Å²) in [6.45, 7) is 1.97. The van der Waals surface area contributed by atoms with Crippen molar-refractivity contribution in [2.45, 2.75) is 12.8 Å². The molecule has 1 heterocycles. The van der Waals surface area contributed by atoms with Gasteiger partial charge in [-0.3, -0.25) is 4.79 Å². The molecule has 3 nitrogen and oxygen atoms in total. The molecule has 1 aliphatic heterocycles. The fourth-order valence-corrected chi connectivity index (χ4v) is 2.31. The lowest BCUT2D eigenvalue weighted by Crippen LogP contribution is -2.36. The standard InChI is InChI=1S/C13H18N2O/c1-15-7-3-5-11(9-15)13(16)10-4-2-6-12(14)8-10/h2,4,6,8,11H,3,5,7,9,14H2,1H3. The lowest BCUT2D eigenvalue weighted by molar-refractivity contribution is 0.0843. The van der Waals surface area contributed by atoms with Gasteiger partial charge in [-0.25, -0.2) is 0 Å². The smallest absolute Gasteiger partial charge is 0.167 e. The molecule has 0 bridgehead atoms. The molecule has 1 aromatic rings. The van der Waals surface area contributed by atoms with Gasteiger partial charge in [0, 0.05) is 23.7 Å². The maximum Gasteiger partial charge on any atom is 0.167 e. The summed E-state index contributed by atoms with van der Waals surface area (Å²) >= 11 is 0. The first-order chi connectivity index (χ1) is 7.66. The fourth-order valence-electron chi connectivity index (χ4n) is 2.31. The number of rotatable bonds is 2. The summed E-state index contributed by atoms with van der Waals surface area (Å²) in [5.41, 5.74) is 7.10. The van der Waals surface area contributed by atoms with Crippen molar-refractivity contribution >= 4 is 11.5 Å². The second kappa shape index (κ2) is 4.66.